The molecule has 1 rings (SSSR count). The van der Waals surface area contributed by atoms with Crippen LogP contribution in [0.5, 0.6) is 0 Å². The highest BCUT2D eigenvalue weighted by molar-refractivity contribution is 5.74. The van der Waals surface area contributed by atoms with Gasteiger partial charge in [-0.05, 0) is 31.4 Å². The van der Waals surface area contributed by atoms with Gasteiger partial charge >= 0.3 is 12.0 Å². The number of ether oxygens (including phenoxy) is 1. The minimum atomic E-state index is -0.190. The van der Waals surface area contributed by atoms with E-state index in [0.29, 0.717) is 32.7 Å². The van der Waals surface area contributed by atoms with Crippen molar-refractivity contribution in [3.05, 3.63) is 30.1 Å². The fourth-order valence-electron chi connectivity index (χ4n) is 2.26. The first kappa shape index (κ1) is 20.4. The number of carbonyl (C=O) groups excluding carboxylic acids is 2. The number of amides is 2. The van der Waals surface area contributed by atoms with Gasteiger partial charge in [0.1, 0.15) is 0 Å². The first-order valence-corrected chi connectivity index (χ1v) is 8.61. The molecule has 1 heterocycles. The number of hydrogen-bond acceptors (Lipinski definition) is 5. The van der Waals surface area contributed by atoms with Gasteiger partial charge < -0.3 is 15.0 Å². The molecule has 1 aromatic heterocycles. The average molecular weight is 346 g/mol. The minimum Gasteiger partial charge on any atom is -0.466 e. The van der Waals surface area contributed by atoms with Crippen LogP contribution in [-0.2, 0) is 16.1 Å². The Morgan fingerprint density at radius 2 is 2.20 bits per heavy atom. The number of pyridine rings is 1. The molecular weight excluding hydrogens is 320 g/mol. The van der Waals surface area contributed by atoms with E-state index in [1.54, 1.807) is 24.2 Å². The topological polar surface area (TPSA) is 95.3 Å². The highest BCUT2D eigenvalue weighted by atomic mass is 16.5. The predicted molar refractivity (Wildman–Crippen MR) is 93.4 cm³/mol. The van der Waals surface area contributed by atoms with Gasteiger partial charge in [0, 0.05) is 38.4 Å². The van der Waals surface area contributed by atoms with Gasteiger partial charge in [-0.15, -0.1) is 0 Å². The quantitative estimate of drug-likeness (QED) is 0.491. The van der Waals surface area contributed by atoms with Crippen LogP contribution >= 0.6 is 0 Å². The van der Waals surface area contributed by atoms with Gasteiger partial charge in [0.2, 0.25) is 0 Å². The Labute approximate surface area is 149 Å². The molecule has 1 N–H and O–H groups in total. The molecule has 0 spiro atoms. The number of esters is 1. The molecule has 0 aliphatic heterocycles. The summed E-state index contributed by atoms with van der Waals surface area (Å²) in [4.78, 5) is 29.2. The Morgan fingerprint density at radius 3 is 2.88 bits per heavy atom. The van der Waals surface area contributed by atoms with Crippen molar-refractivity contribution < 1.29 is 14.3 Å². The third-order valence-corrected chi connectivity index (χ3v) is 3.52. The number of hydrogen-bond donors (Lipinski definition) is 1. The lowest BCUT2D eigenvalue weighted by atomic mass is 10.2. The molecule has 0 unspecified atom stereocenters. The number of nitrogens with zero attached hydrogens (tertiary/aromatic N) is 3. The predicted octanol–water partition coefficient (Wildman–Crippen LogP) is 2.63. The Kier molecular flexibility index (Phi) is 10.4. The van der Waals surface area contributed by atoms with Crippen molar-refractivity contribution in [3.8, 4) is 6.07 Å². The largest absolute Gasteiger partial charge is 0.466 e. The van der Waals surface area contributed by atoms with Gasteiger partial charge in [-0.2, -0.15) is 5.26 Å². The third kappa shape index (κ3) is 9.30. The maximum absolute atomic E-state index is 12.3. The molecule has 0 bridgehead atoms. The average Bonchev–Trinajstić information content (AvgIpc) is 2.62. The van der Waals surface area contributed by atoms with E-state index in [0.717, 1.165) is 24.8 Å². The van der Waals surface area contributed by atoms with Gasteiger partial charge in [0.15, 0.2) is 0 Å². The lowest BCUT2D eigenvalue weighted by Crippen LogP contribution is -2.40. The molecule has 0 saturated carbocycles. The Hall–Kier alpha value is -2.62. The summed E-state index contributed by atoms with van der Waals surface area (Å²) in [5.41, 5.74) is 0.921. The molecule has 2 amide bonds. The summed E-state index contributed by atoms with van der Waals surface area (Å²) < 4.78 is 4.87. The van der Waals surface area contributed by atoms with Crippen LogP contribution in [0, 0.1) is 11.3 Å². The molecule has 7 heteroatoms. The number of aromatic nitrogens is 1. The smallest absolute Gasteiger partial charge is 0.317 e. The van der Waals surface area contributed by atoms with Crippen LogP contribution in [-0.4, -0.2) is 41.6 Å². The van der Waals surface area contributed by atoms with Crippen LogP contribution in [0.3, 0.4) is 0 Å². The lowest BCUT2D eigenvalue weighted by molar-refractivity contribution is -0.143. The molecular formula is C18H26N4O3. The van der Waals surface area contributed by atoms with Crippen LogP contribution in [0.1, 0.15) is 44.6 Å². The van der Waals surface area contributed by atoms with Gasteiger partial charge in [-0.3, -0.25) is 9.78 Å². The number of nitrogens with one attached hydrogen (secondary N) is 1. The monoisotopic (exact) mass is 346 g/mol. The van der Waals surface area contributed by atoms with Crippen molar-refractivity contribution >= 4 is 12.0 Å². The Morgan fingerprint density at radius 1 is 1.36 bits per heavy atom. The molecule has 0 fully saturated rings. The van der Waals surface area contributed by atoms with E-state index in [4.69, 9.17) is 10.00 Å². The summed E-state index contributed by atoms with van der Waals surface area (Å²) in [6.07, 6.45) is 6.48. The van der Waals surface area contributed by atoms with Crippen LogP contribution in [0.4, 0.5) is 4.79 Å². The maximum Gasteiger partial charge on any atom is 0.317 e. The third-order valence-electron chi connectivity index (χ3n) is 3.52. The summed E-state index contributed by atoms with van der Waals surface area (Å²) in [7, 11) is 0. The van der Waals surface area contributed by atoms with E-state index in [2.05, 4.69) is 16.4 Å². The number of urea groups is 1. The number of nitriles is 1. The van der Waals surface area contributed by atoms with Crippen molar-refractivity contribution in [2.75, 3.05) is 19.7 Å². The van der Waals surface area contributed by atoms with E-state index in [1.165, 1.54) is 0 Å². The molecule has 0 aliphatic carbocycles. The van der Waals surface area contributed by atoms with Crippen molar-refractivity contribution in [3.63, 3.8) is 0 Å². The van der Waals surface area contributed by atoms with Gasteiger partial charge in [-0.1, -0.05) is 12.5 Å². The van der Waals surface area contributed by atoms with E-state index in [1.807, 2.05) is 12.1 Å². The van der Waals surface area contributed by atoms with Crippen molar-refractivity contribution in [1.82, 2.24) is 15.2 Å². The first-order valence-electron chi connectivity index (χ1n) is 8.61. The number of carbonyl (C=O) groups is 2. The number of unbranched alkanes of at least 4 members (excludes halogenated alkanes) is 2. The van der Waals surface area contributed by atoms with Crippen LogP contribution in [0.2, 0.25) is 0 Å². The first-order chi connectivity index (χ1) is 12.2. The second-order valence-electron chi connectivity index (χ2n) is 5.54. The molecule has 7 nitrogen and oxygen atoms in total. The molecule has 1 aromatic rings. The summed E-state index contributed by atoms with van der Waals surface area (Å²) in [6.45, 7) is 3.53. The fourth-order valence-corrected chi connectivity index (χ4v) is 2.26. The zero-order chi connectivity index (χ0) is 18.3. The minimum absolute atomic E-state index is 0.175. The number of rotatable bonds is 11. The molecule has 136 valence electrons. The second-order valence-corrected chi connectivity index (χ2v) is 5.54. The summed E-state index contributed by atoms with van der Waals surface area (Å²) in [5.74, 6) is -0.175. The highest BCUT2D eigenvalue weighted by Crippen LogP contribution is 2.05. The van der Waals surface area contributed by atoms with Crippen LogP contribution in [0.25, 0.3) is 0 Å². The van der Waals surface area contributed by atoms with E-state index < -0.39 is 0 Å². The fraction of sp³-hybridized carbons (Fsp3) is 0.556. The lowest BCUT2D eigenvalue weighted by Gasteiger charge is -2.22. The molecule has 0 radical (unpaired) electrons. The van der Waals surface area contributed by atoms with E-state index >= 15 is 0 Å². The van der Waals surface area contributed by atoms with Crippen molar-refractivity contribution in [1.29, 1.82) is 5.26 Å². The van der Waals surface area contributed by atoms with Gasteiger partial charge in [0.05, 0.1) is 19.1 Å². The van der Waals surface area contributed by atoms with Crippen molar-refractivity contribution in [2.45, 2.75) is 45.6 Å². The standard InChI is InChI=1S/C18H26N4O3/c1-2-25-17(23)9-4-3-5-12-21-18(24)22(13-7-10-19)15-16-8-6-11-20-14-16/h6,8,11,14H,2-5,7,9,12-13,15H2,1H3,(H,21,24). The zero-order valence-corrected chi connectivity index (χ0v) is 14.7. The maximum atomic E-state index is 12.3. The molecule has 0 saturated heterocycles. The second kappa shape index (κ2) is 12.8. The van der Waals surface area contributed by atoms with E-state index in [9.17, 15) is 9.59 Å². The molecule has 0 aliphatic rings. The molecule has 25 heavy (non-hydrogen) atoms. The normalized spacial score (nSPS) is 9.92. The van der Waals surface area contributed by atoms with Crippen LogP contribution < -0.4 is 5.32 Å². The molecule has 0 aromatic carbocycles. The van der Waals surface area contributed by atoms with Crippen LogP contribution in [0.15, 0.2) is 24.5 Å². The summed E-state index contributed by atoms with van der Waals surface area (Å²) in [5, 5.41) is 11.6. The summed E-state index contributed by atoms with van der Waals surface area (Å²) in [6, 6.07) is 5.59. The highest BCUT2D eigenvalue weighted by Gasteiger charge is 2.13. The molecule has 0 atom stereocenters. The van der Waals surface area contributed by atoms with Gasteiger partial charge in [-0.25, -0.2) is 4.79 Å². The van der Waals surface area contributed by atoms with Gasteiger partial charge in [0.25, 0.3) is 0 Å². The van der Waals surface area contributed by atoms with E-state index in [-0.39, 0.29) is 18.4 Å². The SMILES string of the molecule is CCOC(=O)CCCCCNC(=O)N(CCC#N)Cc1cccnc1. The summed E-state index contributed by atoms with van der Waals surface area (Å²) >= 11 is 0. The Balaban J connectivity index is 2.30. The zero-order valence-electron chi connectivity index (χ0n) is 14.7. The Bertz CT molecular complexity index is 557. The van der Waals surface area contributed by atoms with Crippen molar-refractivity contribution in [2.24, 2.45) is 0 Å².